The number of carbonyl (C=O) groups excluding carboxylic acids is 1. The third kappa shape index (κ3) is 11.9. The zero-order valence-electron chi connectivity index (χ0n) is 33.1. The molecule has 1 aliphatic rings. The lowest BCUT2D eigenvalue weighted by Gasteiger charge is -2.18. The average molecular weight is 875 g/mol. The monoisotopic (exact) mass is 873 g/mol. The minimum atomic E-state index is -1.10. The molecule has 5 aromatic rings. The van der Waals surface area contributed by atoms with Gasteiger partial charge in [0.25, 0.3) is 5.91 Å². The van der Waals surface area contributed by atoms with E-state index in [1.54, 1.807) is 30.3 Å². The number of carbonyl (C=O) groups is 3. The van der Waals surface area contributed by atoms with Gasteiger partial charge in [0.1, 0.15) is 23.6 Å². The fourth-order valence-corrected chi connectivity index (χ4v) is 7.46. The first-order valence-electron chi connectivity index (χ1n) is 19.4. The summed E-state index contributed by atoms with van der Waals surface area (Å²) in [5, 5.41) is 47.1. The predicted octanol–water partition coefficient (Wildman–Crippen LogP) is 6.21. The SMILES string of the molecule is COc1nc(O[C@H]2CCc3c(-c4cccc(C(=O)Nc5ccc(CNC[C@@H](O)CC(=O)O)c(OCc6ccccc6)n5)c4Cl)cccc32)c(Cl)cc1CNC[C@@H](O)CC(=O)O. The molecule has 320 valence electrons. The van der Waals surface area contributed by atoms with E-state index >= 15 is 0 Å². The van der Waals surface area contributed by atoms with Gasteiger partial charge in [-0.3, -0.25) is 14.4 Å². The summed E-state index contributed by atoms with van der Waals surface area (Å²) in [6, 6.07) is 25.5. The molecule has 0 saturated heterocycles. The highest BCUT2D eigenvalue weighted by molar-refractivity contribution is 6.37. The number of anilines is 1. The van der Waals surface area contributed by atoms with E-state index in [0.717, 1.165) is 22.3 Å². The first kappa shape index (κ1) is 44.7. The summed E-state index contributed by atoms with van der Waals surface area (Å²) in [5.74, 6) is -1.80. The predicted molar refractivity (Wildman–Crippen MR) is 227 cm³/mol. The number of halogens is 2. The number of fused-ring (bicyclic) bond motifs is 1. The first-order chi connectivity index (χ1) is 29.4. The van der Waals surface area contributed by atoms with Crippen LogP contribution >= 0.6 is 23.2 Å². The molecule has 17 heteroatoms. The molecule has 61 heavy (non-hydrogen) atoms. The van der Waals surface area contributed by atoms with Gasteiger partial charge >= 0.3 is 11.9 Å². The number of methoxy groups -OCH3 is 1. The van der Waals surface area contributed by atoms with Gasteiger partial charge in [-0.1, -0.05) is 83.9 Å². The van der Waals surface area contributed by atoms with E-state index in [1.165, 1.54) is 7.11 Å². The van der Waals surface area contributed by atoms with Crippen molar-refractivity contribution in [2.24, 2.45) is 0 Å². The maximum atomic E-state index is 13.8. The number of hydrogen-bond donors (Lipinski definition) is 7. The Bertz CT molecular complexity index is 2350. The maximum Gasteiger partial charge on any atom is 0.306 e. The number of rotatable bonds is 21. The Hall–Kier alpha value is -5.81. The van der Waals surface area contributed by atoms with Crippen LogP contribution in [0.2, 0.25) is 10.0 Å². The number of hydrogen-bond acceptors (Lipinski definition) is 12. The third-order valence-corrected chi connectivity index (χ3v) is 10.5. The Balaban J connectivity index is 1.17. The number of aliphatic carboxylic acids is 2. The van der Waals surface area contributed by atoms with Gasteiger partial charge in [0.2, 0.25) is 17.6 Å². The summed E-state index contributed by atoms with van der Waals surface area (Å²) >= 11 is 13.7. The van der Waals surface area contributed by atoms with Crippen LogP contribution in [0.3, 0.4) is 0 Å². The van der Waals surface area contributed by atoms with Crippen molar-refractivity contribution in [3.63, 3.8) is 0 Å². The number of ether oxygens (including phenoxy) is 3. The second-order valence-electron chi connectivity index (χ2n) is 14.3. The van der Waals surface area contributed by atoms with Gasteiger partial charge in [0.15, 0.2) is 0 Å². The second-order valence-corrected chi connectivity index (χ2v) is 15.1. The Labute approximate surface area is 361 Å². The van der Waals surface area contributed by atoms with Gasteiger partial charge in [0, 0.05) is 42.9 Å². The molecule has 1 aliphatic carbocycles. The normalized spacial score (nSPS) is 14.1. The Morgan fingerprint density at radius 2 is 1.46 bits per heavy atom. The van der Waals surface area contributed by atoms with Crippen LogP contribution in [0, 0.1) is 0 Å². The smallest absolute Gasteiger partial charge is 0.306 e. The quantitative estimate of drug-likeness (QED) is 0.0436. The summed E-state index contributed by atoms with van der Waals surface area (Å²) in [6.45, 7) is 0.727. The first-order valence-corrected chi connectivity index (χ1v) is 20.2. The van der Waals surface area contributed by atoms with Crippen LogP contribution in [-0.4, -0.2) is 80.6 Å². The average Bonchev–Trinajstić information content (AvgIpc) is 3.64. The molecule has 7 N–H and O–H groups in total. The highest BCUT2D eigenvalue weighted by Gasteiger charge is 2.29. The number of aliphatic hydroxyl groups excluding tert-OH is 2. The zero-order chi connectivity index (χ0) is 43.5. The second kappa shape index (κ2) is 21.1. The van der Waals surface area contributed by atoms with Crippen LogP contribution in [0.15, 0.2) is 84.9 Å². The molecule has 0 saturated carbocycles. The van der Waals surface area contributed by atoms with Gasteiger partial charge < -0.3 is 50.6 Å². The molecule has 0 spiro atoms. The highest BCUT2D eigenvalue weighted by atomic mass is 35.5. The topological polar surface area (TPSA) is 222 Å². The summed E-state index contributed by atoms with van der Waals surface area (Å²) < 4.78 is 17.9. The molecule has 0 bridgehead atoms. The van der Waals surface area contributed by atoms with E-state index in [1.807, 2.05) is 54.6 Å². The largest absolute Gasteiger partial charge is 0.481 e. The van der Waals surface area contributed by atoms with Gasteiger partial charge in [-0.15, -0.1) is 0 Å². The minimum Gasteiger partial charge on any atom is -0.481 e. The number of pyridine rings is 2. The summed E-state index contributed by atoms with van der Waals surface area (Å²) in [7, 11) is 1.46. The van der Waals surface area contributed by atoms with Crippen molar-refractivity contribution in [1.82, 2.24) is 20.6 Å². The number of nitrogens with one attached hydrogen (secondary N) is 3. The van der Waals surface area contributed by atoms with Crippen molar-refractivity contribution in [3.05, 3.63) is 128 Å². The van der Waals surface area contributed by atoms with Crippen LogP contribution in [0.5, 0.6) is 17.6 Å². The van der Waals surface area contributed by atoms with Gasteiger partial charge in [-0.2, -0.15) is 9.97 Å². The fraction of sp³-hybridized carbons (Fsp3) is 0.295. The van der Waals surface area contributed by atoms with E-state index in [4.69, 9.17) is 47.6 Å². The van der Waals surface area contributed by atoms with Crippen LogP contribution in [0.25, 0.3) is 11.1 Å². The van der Waals surface area contributed by atoms with E-state index in [-0.39, 0.29) is 78.3 Å². The van der Waals surface area contributed by atoms with Gasteiger partial charge in [0.05, 0.1) is 42.7 Å². The molecular formula is C44H45Cl2N5O10. The molecule has 3 aromatic carbocycles. The number of amides is 1. The Morgan fingerprint density at radius 1 is 0.787 bits per heavy atom. The Morgan fingerprint density at radius 3 is 2.15 bits per heavy atom. The number of carboxylic acids is 2. The van der Waals surface area contributed by atoms with E-state index in [0.29, 0.717) is 29.5 Å². The number of nitrogens with zero attached hydrogens (tertiary/aromatic N) is 2. The lowest BCUT2D eigenvalue weighted by atomic mass is 9.95. The van der Waals surface area contributed by atoms with Crippen molar-refractivity contribution in [2.75, 3.05) is 25.5 Å². The number of carboxylic acid groups (broad SMARTS) is 2. The number of aromatic nitrogens is 2. The summed E-state index contributed by atoms with van der Waals surface area (Å²) in [5.41, 5.74) is 5.76. The van der Waals surface area contributed by atoms with Crippen LogP contribution in [0.1, 0.15) is 63.5 Å². The van der Waals surface area contributed by atoms with Crippen molar-refractivity contribution in [1.29, 1.82) is 0 Å². The maximum absolute atomic E-state index is 13.8. The zero-order valence-corrected chi connectivity index (χ0v) is 34.6. The fourth-order valence-electron chi connectivity index (χ4n) is 6.92. The minimum absolute atomic E-state index is 0.0389. The van der Waals surface area contributed by atoms with Gasteiger partial charge in [-0.25, -0.2) is 0 Å². The number of aliphatic hydroxyl groups is 2. The van der Waals surface area contributed by atoms with Crippen molar-refractivity contribution >= 4 is 46.9 Å². The van der Waals surface area contributed by atoms with Crippen molar-refractivity contribution in [3.8, 4) is 28.8 Å². The van der Waals surface area contributed by atoms with Crippen molar-refractivity contribution in [2.45, 2.75) is 63.7 Å². The highest BCUT2D eigenvalue weighted by Crippen LogP contribution is 2.43. The third-order valence-electron chi connectivity index (χ3n) is 9.79. The standard InChI is InChI=1S/C44H45Cl2N5O10/c1-59-42-27(21-48-23-29(53)19-39(56)57)17-35(45)44(51-42)61-36-15-14-31-30(9-5-10-32(31)36)33-11-6-12-34(40(33)46)41(58)49-37-16-13-26(20-47-22-28(52)18-38(54)55)43(50-37)60-24-25-7-3-2-4-8-25/h2-13,16-17,28-29,36,47-48,52-53H,14-15,18-24H2,1H3,(H,54,55)(H,56,57)(H,49,50,58)/t28-,29-,36-/m0/s1. The van der Waals surface area contributed by atoms with Crippen LogP contribution in [0.4, 0.5) is 5.82 Å². The molecular weight excluding hydrogens is 829 g/mol. The molecule has 6 rings (SSSR count). The van der Waals surface area contributed by atoms with E-state index in [2.05, 4.69) is 25.9 Å². The summed E-state index contributed by atoms with van der Waals surface area (Å²) in [4.78, 5) is 44.7. The molecule has 1 amide bonds. The molecule has 15 nitrogen and oxygen atoms in total. The molecule has 2 heterocycles. The van der Waals surface area contributed by atoms with Gasteiger partial charge in [-0.05, 0) is 59.4 Å². The lowest BCUT2D eigenvalue weighted by molar-refractivity contribution is -0.140. The molecule has 0 unspecified atom stereocenters. The molecule has 0 radical (unpaired) electrons. The van der Waals surface area contributed by atoms with E-state index < -0.39 is 42.6 Å². The lowest BCUT2D eigenvalue weighted by Crippen LogP contribution is -2.28. The molecule has 3 atom stereocenters. The summed E-state index contributed by atoms with van der Waals surface area (Å²) in [6.07, 6.45) is -2.06. The molecule has 0 aliphatic heterocycles. The molecule has 2 aromatic heterocycles. The number of benzene rings is 3. The van der Waals surface area contributed by atoms with Crippen molar-refractivity contribution < 1.29 is 49.0 Å². The Kier molecular flexibility index (Phi) is 15.5. The van der Waals surface area contributed by atoms with Crippen LogP contribution in [-0.2, 0) is 35.7 Å². The van der Waals surface area contributed by atoms with E-state index in [9.17, 15) is 24.6 Å². The molecule has 0 fully saturated rings. The van der Waals surface area contributed by atoms with Crippen LogP contribution < -0.4 is 30.2 Å².